The van der Waals surface area contributed by atoms with Gasteiger partial charge in [0.25, 0.3) is 0 Å². The lowest BCUT2D eigenvalue weighted by Gasteiger charge is -2.35. The van der Waals surface area contributed by atoms with Crippen LogP contribution in [0.25, 0.3) is 0 Å². The summed E-state index contributed by atoms with van der Waals surface area (Å²) in [4.78, 5) is 2.42. The fourth-order valence-corrected chi connectivity index (χ4v) is 6.57. The Morgan fingerprint density at radius 3 is 2.48 bits per heavy atom. The molecule has 0 spiro atoms. The summed E-state index contributed by atoms with van der Waals surface area (Å²) in [6.07, 6.45) is 4.59. The third-order valence-electron chi connectivity index (χ3n) is 4.92. The zero-order chi connectivity index (χ0) is 17.7. The molecule has 2 aliphatic heterocycles. The van der Waals surface area contributed by atoms with Gasteiger partial charge in [0.15, 0.2) is 0 Å². The molecule has 0 amide bonds. The molecule has 1 unspecified atom stereocenters. The van der Waals surface area contributed by atoms with Crippen LogP contribution in [0.1, 0.15) is 31.2 Å². The fraction of sp³-hybridized carbons (Fsp3) is 0.667. The first-order chi connectivity index (χ1) is 12.0. The van der Waals surface area contributed by atoms with Gasteiger partial charge in [-0.1, -0.05) is 18.6 Å². The van der Waals surface area contributed by atoms with Crippen LogP contribution in [0.5, 0.6) is 0 Å². The first kappa shape index (κ1) is 19.1. The number of rotatable bonds is 5. The van der Waals surface area contributed by atoms with Gasteiger partial charge in [-0.15, -0.1) is 0 Å². The normalized spacial score (nSPS) is 24.1. The Hall–Kier alpha value is -0.630. The molecule has 0 aliphatic carbocycles. The van der Waals surface area contributed by atoms with E-state index in [4.69, 9.17) is 0 Å². The maximum atomic E-state index is 13.1. The molecule has 0 aromatic heterocycles. The molecule has 0 radical (unpaired) electrons. The van der Waals surface area contributed by atoms with E-state index in [9.17, 15) is 12.8 Å². The Morgan fingerprint density at radius 1 is 1.04 bits per heavy atom. The van der Waals surface area contributed by atoms with Gasteiger partial charge in [-0.3, -0.25) is 0 Å². The molecule has 1 aromatic rings. The number of hydrogen-bond donors (Lipinski definition) is 0. The number of benzene rings is 1. The van der Waals surface area contributed by atoms with E-state index >= 15 is 0 Å². The second kappa shape index (κ2) is 8.84. The number of likely N-dealkylation sites (tertiary alicyclic amines) is 1. The van der Waals surface area contributed by atoms with Crippen LogP contribution >= 0.6 is 11.8 Å². The molecule has 2 aliphatic rings. The first-order valence-electron chi connectivity index (χ1n) is 9.09. The molecule has 1 atom stereocenters. The minimum absolute atomic E-state index is 0.0380. The Labute approximate surface area is 154 Å². The van der Waals surface area contributed by atoms with E-state index in [1.165, 1.54) is 31.4 Å². The number of piperidine rings is 1. The van der Waals surface area contributed by atoms with Gasteiger partial charge in [0.1, 0.15) is 5.82 Å². The molecular weight excluding hydrogens is 359 g/mol. The summed E-state index contributed by atoms with van der Waals surface area (Å²) < 4.78 is 40.9. The molecule has 3 rings (SSSR count). The maximum Gasteiger partial charge on any atom is 0.218 e. The van der Waals surface area contributed by atoms with Gasteiger partial charge in [0, 0.05) is 24.9 Å². The van der Waals surface area contributed by atoms with Gasteiger partial charge in [0.2, 0.25) is 10.0 Å². The van der Waals surface area contributed by atoms with Crippen molar-refractivity contribution in [2.45, 2.75) is 37.5 Å². The Kier molecular flexibility index (Phi) is 6.77. The molecule has 0 N–H and O–H groups in total. The molecule has 0 saturated carbocycles. The predicted octanol–water partition coefficient (Wildman–Crippen LogP) is 2.95. The van der Waals surface area contributed by atoms with Crippen LogP contribution < -0.4 is 0 Å². The second-order valence-corrected chi connectivity index (χ2v) is 10.0. The standard InChI is InChI=1S/C18H27FN2O2S2/c19-17-7-5-16(6-8-17)15-25(22,23)21-11-4-12-24-14-18(21)13-20-9-2-1-3-10-20/h5-8,18H,1-4,9-15H2. The summed E-state index contributed by atoms with van der Waals surface area (Å²) in [5.41, 5.74) is 0.648. The van der Waals surface area contributed by atoms with Gasteiger partial charge in [0.05, 0.1) is 5.75 Å². The van der Waals surface area contributed by atoms with E-state index in [-0.39, 0.29) is 17.6 Å². The van der Waals surface area contributed by atoms with E-state index in [1.807, 2.05) is 11.8 Å². The number of nitrogens with zero attached hydrogens (tertiary/aromatic N) is 2. The summed E-state index contributed by atoms with van der Waals surface area (Å²) >= 11 is 1.86. The lowest BCUT2D eigenvalue weighted by Crippen LogP contribution is -2.49. The van der Waals surface area contributed by atoms with E-state index in [1.54, 1.807) is 16.4 Å². The summed E-state index contributed by atoms with van der Waals surface area (Å²) in [7, 11) is -3.40. The van der Waals surface area contributed by atoms with E-state index < -0.39 is 10.0 Å². The number of halogens is 1. The van der Waals surface area contributed by atoms with Crippen molar-refractivity contribution in [3.05, 3.63) is 35.6 Å². The quantitative estimate of drug-likeness (QED) is 0.780. The van der Waals surface area contributed by atoms with Crippen LogP contribution in [-0.4, -0.2) is 61.3 Å². The van der Waals surface area contributed by atoms with Crippen LogP contribution in [-0.2, 0) is 15.8 Å². The van der Waals surface area contributed by atoms with Gasteiger partial charge in [-0.2, -0.15) is 16.1 Å². The van der Waals surface area contributed by atoms with Crippen molar-refractivity contribution in [1.29, 1.82) is 0 Å². The van der Waals surface area contributed by atoms with Crippen molar-refractivity contribution in [3.8, 4) is 0 Å². The Morgan fingerprint density at radius 2 is 1.76 bits per heavy atom. The second-order valence-electron chi connectivity index (χ2n) is 6.94. The summed E-state index contributed by atoms with van der Waals surface area (Å²) in [5.74, 6) is 1.49. The Bertz CT molecular complexity index is 646. The van der Waals surface area contributed by atoms with Crippen molar-refractivity contribution >= 4 is 21.8 Å². The molecule has 4 nitrogen and oxygen atoms in total. The summed E-state index contributed by atoms with van der Waals surface area (Å²) in [5, 5.41) is 0. The third-order valence-corrected chi connectivity index (χ3v) is 8.01. The van der Waals surface area contributed by atoms with Gasteiger partial charge < -0.3 is 4.90 Å². The SMILES string of the molecule is O=S(=O)(Cc1ccc(F)cc1)N1CCCSCC1CN1CCCCC1. The smallest absolute Gasteiger partial charge is 0.218 e. The average molecular weight is 387 g/mol. The van der Waals surface area contributed by atoms with Crippen molar-refractivity contribution in [1.82, 2.24) is 9.21 Å². The van der Waals surface area contributed by atoms with Crippen LogP contribution in [0.4, 0.5) is 4.39 Å². The van der Waals surface area contributed by atoms with E-state index in [0.29, 0.717) is 12.1 Å². The molecule has 2 saturated heterocycles. The number of thioether (sulfide) groups is 1. The number of sulfonamides is 1. The summed E-state index contributed by atoms with van der Waals surface area (Å²) in [6.45, 7) is 3.57. The van der Waals surface area contributed by atoms with Crippen LogP contribution in [0, 0.1) is 5.82 Å². The molecule has 1 aromatic carbocycles. The van der Waals surface area contributed by atoms with Gasteiger partial charge >= 0.3 is 0 Å². The monoisotopic (exact) mass is 386 g/mol. The topological polar surface area (TPSA) is 40.6 Å². The van der Waals surface area contributed by atoms with Crippen LogP contribution in [0.3, 0.4) is 0 Å². The van der Waals surface area contributed by atoms with Gasteiger partial charge in [-0.05, 0) is 55.8 Å². The molecule has 25 heavy (non-hydrogen) atoms. The highest BCUT2D eigenvalue weighted by Crippen LogP contribution is 2.23. The summed E-state index contributed by atoms with van der Waals surface area (Å²) in [6, 6.07) is 5.83. The predicted molar refractivity (Wildman–Crippen MR) is 102 cm³/mol. The molecular formula is C18H27FN2O2S2. The maximum absolute atomic E-state index is 13.1. The lowest BCUT2D eigenvalue weighted by atomic mass is 10.1. The van der Waals surface area contributed by atoms with E-state index in [0.717, 1.165) is 37.6 Å². The number of hydrogen-bond acceptors (Lipinski definition) is 4. The van der Waals surface area contributed by atoms with Gasteiger partial charge in [-0.25, -0.2) is 12.8 Å². The fourth-order valence-electron chi connectivity index (χ4n) is 3.63. The largest absolute Gasteiger partial charge is 0.302 e. The van der Waals surface area contributed by atoms with Crippen molar-refractivity contribution in [3.63, 3.8) is 0 Å². The minimum atomic E-state index is -3.40. The van der Waals surface area contributed by atoms with Crippen molar-refractivity contribution in [2.75, 3.05) is 37.7 Å². The van der Waals surface area contributed by atoms with Crippen molar-refractivity contribution < 1.29 is 12.8 Å². The molecule has 7 heteroatoms. The highest BCUT2D eigenvalue weighted by molar-refractivity contribution is 7.99. The molecule has 140 valence electrons. The Balaban J connectivity index is 1.73. The zero-order valence-electron chi connectivity index (χ0n) is 14.6. The molecule has 0 bridgehead atoms. The highest BCUT2D eigenvalue weighted by Gasteiger charge is 2.32. The average Bonchev–Trinajstić information content (AvgIpc) is 2.84. The minimum Gasteiger partial charge on any atom is -0.302 e. The van der Waals surface area contributed by atoms with Crippen molar-refractivity contribution in [2.24, 2.45) is 0 Å². The van der Waals surface area contributed by atoms with Crippen LogP contribution in [0.15, 0.2) is 24.3 Å². The molecule has 2 heterocycles. The lowest BCUT2D eigenvalue weighted by molar-refractivity contribution is 0.183. The zero-order valence-corrected chi connectivity index (χ0v) is 16.2. The van der Waals surface area contributed by atoms with Crippen LogP contribution in [0.2, 0.25) is 0 Å². The van der Waals surface area contributed by atoms with E-state index in [2.05, 4.69) is 4.90 Å². The highest BCUT2D eigenvalue weighted by atomic mass is 32.2. The molecule has 2 fully saturated rings. The first-order valence-corrected chi connectivity index (χ1v) is 11.8. The third kappa shape index (κ3) is 5.42.